The second-order valence-electron chi connectivity index (χ2n) is 5.90. The maximum Gasteiger partial charge on any atom is 0.141 e. The van der Waals surface area contributed by atoms with Crippen molar-refractivity contribution in [1.29, 1.82) is 0 Å². The summed E-state index contributed by atoms with van der Waals surface area (Å²) < 4.78 is 19.2. The Hall–Kier alpha value is -1.84. The topological polar surface area (TPSA) is 16.4 Å². The number of furan rings is 1. The van der Waals surface area contributed by atoms with Gasteiger partial charge in [0, 0.05) is 30.0 Å². The Balaban J connectivity index is 1.94. The lowest BCUT2D eigenvalue weighted by Gasteiger charge is -2.32. The zero-order chi connectivity index (χ0) is 15.3. The van der Waals surface area contributed by atoms with Crippen LogP contribution in [0.3, 0.4) is 0 Å². The number of nitrogens with zero attached hydrogens (tertiary/aromatic N) is 1. The number of rotatable bonds is 1. The van der Waals surface area contributed by atoms with E-state index < -0.39 is 0 Å². The Morgan fingerprint density at radius 2 is 2.09 bits per heavy atom. The second-order valence-corrected chi connectivity index (χ2v) is 6.31. The third kappa shape index (κ3) is 2.13. The molecule has 0 aliphatic carbocycles. The molecule has 0 amide bonds. The predicted molar refractivity (Wildman–Crippen MR) is 85.8 cm³/mol. The SMILES string of the molecule is CN1Cc2ccc3ccoc3c2C(c2ccc(F)c(Cl)c2)C1. The molecule has 3 aromatic rings. The third-order valence-electron chi connectivity index (χ3n) is 4.38. The highest BCUT2D eigenvalue weighted by Gasteiger charge is 2.28. The largest absolute Gasteiger partial charge is 0.464 e. The van der Waals surface area contributed by atoms with Gasteiger partial charge >= 0.3 is 0 Å². The van der Waals surface area contributed by atoms with Gasteiger partial charge in [0.2, 0.25) is 0 Å². The van der Waals surface area contributed by atoms with E-state index >= 15 is 0 Å². The fourth-order valence-electron chi connectivity index (χ4n) is 3.37. The Labute approximate surface area is 133 Å². The maximum atomic E-state index is 13.5. The van der Waals surface area contributed by atoms with Crippen LogP contribution in [0.1, 0.15) is 22.6 Å². The van der Waals surface area contributed by atoms with Crippen LogP contribution in [-0.4, -0.2) is 18.5 Å². The van der Waals surface area contributed by atoms with Crippen molar-refractivity contribution >= 4 is 22.6 Å². The molecule has 1 aliphatic rings. The van der Waals surface area contributed by atoms with E-state index in [1.807, 2.05) is 12.1 Å². The van der Waals surface area contributed by atoms with Gasteiger partial charge in [0.05, 0.1) is 11.3 Å². The van der Waals surface area contributed by atoms with Gasteiger partial charge in [-0.25, -0.2) is 4.39 Å². The fraction of sp³-hybridized carbons (Fsp3) is 0.222. The number of hydrogen-bond acceptors (Lipinski definition) is 2. The second kappa shape index (κ2) is 5.11. The summed E-state index contributed by atoms with van der Waals surface area (Å²) in [6.45, 7) is 1.74. The number of hydrogen-bond donors (Lipinski definition) is 0. The van der Waals surface area contributed by atoms with Gasteiger partial charge in [0.15, 0.2) is 0 Å². The van der Waals surface area contributed by atoms with Crippen LogP contribution in [0.4, 0.5) is 4.39 Å². The molecule has 0 N–H and O–H groups in total. The monoisotopic (exact) mass is 315 g/mol. The first-order chi connectivity index (χ1) is 10.6. The lowest BCUT2D eigenvalue weighted by molar-refractivity contribution is 0.295. The molecule has 4 heteroatoms. The minimum atomic E-state index is -0.383. The Morgan fingerprint density at radius 3 is 2.91 bits per heavy atom. The van der Waals surface area contributed by atoms with Crippen molar-refractivity contribution in [2.75, 3.05) is 13.6 Å². The lowest BCUT2D eigenvalue weighted by atomic mass is 9.84. The molecule has 2 heterocycles. The summed E-state index contributed by atoms with van der Waals surface area (Å²) in [6.07, 6.45) is 1.72. The number of benzene rings is 2. The number of fused-ring (bicyclic) bond motifs is 3. The molecule has 1 atom stereocenters. The molecule has 1 aromatic heterocycles. The molecule has 1 aliphatic heterocycles. The summed E-state index contributed by atoms with van der Waals surface area (Å²) in [7, 11) is 2.09. The summed E-state index contributed by atoms with van der Waals surface area (Å²) in [6, 6.07) is 11.2. The van der Waals surface area contributed by atoms with Crippen LogP contribution in [0.25, 0.3) is 11.0 Å². The summed E-state index contributed by atoms with van der Waals surface area (Å²) in [5.74, 6) is -0.257. The van der Waals surface area contributed by atoms with E-state index in [0.29, 0.717) is 0 Å². The van der Waals surface area contributed by atoms with Crippen LogP contribution in [0, 0.1) is 5.82 Å². The van der Waals surface area contributed by atoms with Gasteiger partial charge in [0.1, 0.15) is 11.4 Å². The van der Waals surface area contributed by atoms with E-state index in [0.717, 1.165) is 29.6 Å². The van der Waals surface area contributed by atoms with E-state index in [9.17, 15) is 4.39 Å². The minimum absolute atomic E-state index is 0.127. The summed E-state index contributed by atoms with van der Waals surface area (Å²) in [5.41, 5.74) is 4.39. The van der Waals surface area contributed by atoms with Gasteiger partial charge in [-0.15, -0.1) is 0 Å². The predicted octanol–water partition coefficient (Wildman–Crippen LogP) is 4.80. The molecule has 22 heavy (non-hydrogen) atoms. The Morgan fingerprint density at radius 1 is 1.23 bits per heavy atom. The van der Waals surface area contributed by atoms with Crippen molar-refractivity contribution in [1.82, 2.24) is 4.90 Å². The van der Waals surface area contributed by atoms with Gasteiger partial charge in [-0.2, -0.15) is 0 Å². The van der Waals surface area contributed by atoms with Crippen LogP contribution in [0.5, 0.6) is 0 Å². The zero-order valence-electron chi connectivity index (χ0n) is 12.1. The van der Waals surface area contributed by atoms with Crippen LogP contribution < -0.4 is 0 Å². The molecule has 0 fully saturated rings. The molecule has 0 saturated carbocycles. The van der Waals surface area contributed by atoms with Gasteiger partial charge < -0.3 is 9.32 Å². The van der Waals surface area contributed by atoms with E-state index in [1.54, 1.807) is 12.3 Å². The summed E-state index contributed by atoms with van der Waals surface area (Å²) in [5, 5.41) is 1.26. The summed E-state index contributed by atoms with van der Waals surface area (Å²) >= 11 is 5.98. The van der Waals surface area contributed by atoms with Crippen LogP contribution in [0.2, 0.25) is 5.02 Å². The van der Waals surface area contributed by atoms with Gasteiger partial charge in [-0.3, -0.25) is 0 Å². The standard InChI is InChI=1S/C18H15ClFNO/c1-21-9-13-3-2-11-6-7-22-18(11)17(13)14(10-21)12-4-5-16(20)15(19)8-12/h2-8,14H,9-10H2,1H3. The molecule has 112 valence electrons. The average Bonchev–Trinajstić information content (AvgIpc) is 2.97. The van der Waals surface area contributed by atoms with E-state index in [-0.39, 0.29) is 16.8 Å². The van der Waals surface area contributed by atoms with Crippen molar-refractivity contribution in [3.63, 3.8) is 0 Å². The molecule has 0 bridgehead atoms. The highest BCUT2D eigenvalue weighted by molar-refractivity contribution is 6.30. The molecular formula is C18H15ClFNO. The van der Waals surface area contributed by atoms with Crippen LogP contribution >= 0.6 is 11.6 Å². The van der Waals surface area contributed by atoms with Crippen molar-refractivity contribution < 1.29 is 8.81 Å². The number of likely N-dealkylation sites (N-methyl/N-ethyl adjacent to an activating group) is 1. The smallest absolute Gasteiger partial charge is 0.141 e. The van der Waals surface area contributed by atoms with Gasteiger partial charge in [0.25, 0.3) is 0 Å². The molecule has 2 aromatic carbocycles. The number of halogens is 2. The first-order valence-corrected chi connectivity index (χ1v) is 7.64. The van der Waals surface area contributed by atoms with Gasteiger partial charge in [-0.05, 0) is 36.4 Å². The van der Waals surface area contributed by atoms with E-state index in [2.05, 4.69) is 24.1 Å². The Bertz CT molecular complexity index is 857. The molecule has 1 unspecified atom stereocenters. The van der Waals surface area contributed by atoms with Crippen LogP contribution in [-0.2, 0) is 6.54 Å². The molecule has 0 spiro atoms. The molecule has 4 rings (SSSR count). The summed E-state index contributed by atoms with van der Waals surface area (Å²) in [4.78, 5) is 2.26. The van der Waals surface area contributed by atoms with Crippen molar-refractivity contribution in [3.8, 4) is 0 Å². The highest BCUT2D eigenvalue weighted by atomic mass is 35.5. The zero-order valence-corrected chi connectivity index (χ0v) is 12.9. The average molecular weight is 316 g/mol. The van der Waals surface area contributed by atoms with Crippen molar-refractivity contribution in [2.45, 2.75) is 12.5 Å². The lowest BCUT2D eigenvalue weighted by Crippen LogP contribution is -2.31. The third-order valence-corrected chi connectivity index (χ3v) is 4.67. The van der Waals surface area contributed by atoms with E-state index in [1.165, 1.54) is 17.2 Å². The first kappa shape index (κ1) is 13.8. The molecular weight excluding hydrogens is 301 g/mol. The minimum Gasteiger partial charge on any atom is -0.464 e. The van der Waals surface area contributed by atoms with E-state index in [4.69, 9.17) is 16.0 Å². The normalized spacial score (nSPS) is 18.6. The first-order valence-electron chi connectivity index (χ1n) is 7.26. The maximum absolute atomic E-state index is 13.5. The fourth-order valence-corrected chi connectivity index (χ4v) is 3.56. The van der Waals surface area contributed by atoms with Crippen molar-refractivity contribution in [3.05, 3.63) is 70.2 Å². The van der Waals surface area contributed by atoms with Crippen LogP contribution in [0.15, 0.2) is 47.1 Å². The Kier molecular flexibility index (Phi) is 3.21. The highest BCUT2D eigenvalue weighted by Crippen LogP contribution is 2.39. The molecule has 2 nitrogen and oxygen atoms in total. The van der Waals surface area contributed by atoms with Crippen molar-refractivity contribution in [2.24, 2.45) is 0 Å². The molecule has 0 saturated heterocycles. The van der Waals surface area contributed by atoms with Gasteiger partial charge in [-0.1, -0.05) is 29.8 Å². The quantitative estimate of drug-likeness (QED) is 0.641. The molecule has 0 radical (unpaired) electrons.